The number of alkyl halides is 1. The number of likely N-dealkylation sites (tertiary alicyclic amines) is 1. The number of nitrogens with zero attached hydrogens (tertiary/aromatic N) is 2. The standard InChI is InChI=1S/C14H15ClN2OS/c15-9-13(18)17-7-5-10(6-8-17)14-16-11-3-1-2-4-12(11)19-14/h1-4,10H,5-9H2. The van der Waals surface area contributed by atoms with Gasteiger partial charge in [0.1, 0.15) is 5.88 Å². The van der Waals surface area contributed by atoms with Crippen molar-refractivity contribution >= 4 is 39.1 Å². The molecule has 0 N–H and O–H groups in total. The van der Waals surface area contributed by atoms with Crippen LogP contribution in [0, 0.1) is 0 Å². The van der Waals surface area contributed by atoms with Crippen LogP contribution in [0.5, 0.6) is 0 Å². The molecular formula is C14H15ClN2OS. The molecule has 0 spiro atoms. The molecule has 19 heavy (non-hydrogen) atoms. The van der Waals surface area contributed by atoms with Crippen LogP contribution in [-0.2, 0) is 4.79 Å². The fourth-order valence-electron chi connectivity index (χ4n) is 2.53. The van der Waals surface area contributed by atoms with Crippen LogP contribution < -0.4 is 0 Å². The molecule has 3 nitrogen and oxygen atoms in total. The van der Waals surface area contributed by atoms with Crippen molar-refractivity contribution in [2.24, 2.45) is 0 Å². The molecule has 0 atom stereocenters. The van der Waals surface area contributed by atoms with Gasteiger partial charge in [-0.2, -0.15) is 0 Å². The molecule has 100 valence electrons. The second-order valence-corrected chi connectivity index (χ2v) is 6.14. The van der Waals surface area contributed by atoms with Crippen molar-refractivity contribution in [2.75, 3.05) is 19.0 Å². The summed E-state index contributed by atoms with van der Waals surface area (Å²) in [6.45, 7) is 1.60. The molecule has 1 aromatic carbocycles. The van der Waals surface area contributed by atoms with Crippen molar-refractivity contribution in [1.29, 1.82) is 0 Å². The average molecular weight is 295 g/mol. The number of carbonyl (C=O) groups excluding carboxylic acids is 1. The average Bonchev–Trinajstić information content (AvgIpc) is 2.90. The molecular weight excluding hydrogens is 280 g/mol. The van der Waals surface area contributed by atoms with Crippen LogP contribution >= 0.6 is 22.9 Å². The Hall–Kier alpha value is -1.13. The molecule has 1 fully saturated rings. The predicted octanol–water partition coefficient (Wildman–Crippen LogP) is 3.24. The second kappa shape index (κ2) is 5.47. The van der Waals surface area contributed by atoms with E-state index >= 15 is 0 Å². The summed E-state index contributed by atoms with van der Waals surface area (Å²) in [4.78, 5) is 18.1. The largest absolute Gasteiger partial charge is 0.342 e. The summed E-state index contributed by atoms with van der Waals surface area (Å²) < 4.78 is 1.25. The van der Waals surface area contributed by atoms with E-state index in [0.717, 1.165) is 31.4 Å². The number of amides is 1. The van der Waals surface area contributed by atoms with Gasteiger partial charge < -0.3 is 4.90 Å². The van der Waals surface area contributed by atoms with E-state index in [9.17, 15) is 4.79 Å². The van der Waals surface area contributed by atoms with E-state index in [-0.39, 0.29) is 11.8 Å². The van der Waals surface area contributed by atoms with E-state index in [2.05, 4.69) is 12.1 Å². The summed E-state index contributed by atoms with van der Waals surface area (Å²) in [7, 11) is 0. The molecule has 1 aliphatic rings. The van der Waals surface area contributed by atoms with Crippen LogP contribution in [0.25, 0.3) is 10.2 Å². The van der Waals surface area contributed by atoms with Crippen molar-refractivity contribution in [2.45, 2.75) is 18.8 Å². The normalized spacial score (nSPS) is 17.0. The first-order valence-corrected chi connectivity index (χ1v) is 7.82. The molecule has 0 radical (unpaired) electrons. The first-order chi connectivity index (χ1) is 9.28. The zero-order chi connectivity index (χ0) is 13.2. The van der Waals surface area contributed by atoms with Gasteiger partial charge in [-0.05, 0) is 25.0 Å². The van der Waals surface area contributed by atoms with Crippen molar-refractivity contribution in [3.63, 3.8) is 0 Å². The zero-order valence-corrected chi connectivity index (χ0v) is 12.1. The summed E-state index contributed by atoms with van der Waals surface area (Å²) in [5, 5.41) is 1.21. The SMILES string of the molecule is O=C(CCl)N1CCC(c2nc3ccccc3s2)CC1. The quantitative estimate of drug-likeness (QED) is 0.797. The Morgan fingerprint density at radius 1 is 1.37 bits per heavy atom. The first kappa shape index (κ1) is 12.9. The van der Waals surface area contributed by atoms with Gasteiger partial charge >= 0.3 is 0 Å². The van der Waals surface area contributed by atoms with E-state index < -0.39 is 0 Å². The highest BCUT2D eigenvalue weighted by Crippen LogP contribution is 2.33. The number of rotatable bonds is 2. The predicted molar refractivity (Wildman–Crippen MR) is 78.9 cm³/mol. The van der Waals surface area contributed by atoms with Gasteiger partial charge in [0.2, 0.25) is 5.91 Å². The Morgan fingerprint density at radius 2 is 2.11 bits per heavy atom. The van der Waals surface area contributed by atoms with Gasteiger partial charge in [0.05, 0.1) is 15.2 Å². The minimum absolute atomic E-state index is 0.0458. The van der Waals surface area contributed by atoms with E-state index in [0.29, 0.717) is 5.92 Å². The lowest BCUT2D eigenvalue weighted by Gasteiger charge is -2.30. The van der Waals surface area contributed by atoms with Gasteiger partial charge in [-0.3, -0.25) is 4.79 Å². The number of benzene rings is 1. The number of fused-ring (bicyclic) bond motifs is 1. The maximum Gasteiger partial charge on any atom is 0.237 e. The maximum absolute atomic E-state index is 11.5. The fraction of sp³-hybridized carbons (Fsp3) is 0.429. The third-order valence-corrected chi connectivity index (χ3v) is 5.05. The lowest BCUT2D eigenvalue weighted by molar-refractivity contribution is -0.129. The van der Waals surface area contributed by atoms with Crippen LogP contribution in [0.3, 0.4) is 0 Å². The number of thiazole rings is 1. The summed E-state index contributed by atoms with van der Waals surface area (Å²) in [6, 6.07) is 8.24. The highest BCUT2D eigenvalue weighted by molar-refractivity contribution is 7.18. The molecule has 2 heterocycles. The molecule has 0 aliphatic carbocycles. The summed E-state index contributed by atoms with van der Waals surface area (Å²) in [5.74, 6) is 0.618. The maximum atomic E-state index is 11.5. The number of hydrogen-bond acceptors (Lipinski definition) is 3. The Bertz CT molecular complexity index is 557. The van der Waals surface area contributed by atoms with Gasteiger partial charge in [-0.25, -0.2) is 4.98 Å². The van der Waals surface area contributed by atoms with Gasteiger partial charge in [-0.15, -0.1) is 22.9 Å². The first-order valence-electron chi connectivity index (χ1n) is 6.47. The Balaban J connectivity index is 1.72. The molecule has 0 bridgehead atoms. The summed E-state index contributed by atoms with van der Waals surface area (Å²) in [5.41, 5.74) is 1.08. The van der Waals surface area contributed by atoms with Crippen molar-refractivity contribution in [1.82, 2.24) is 9.88 Å². The summed E-state index contributed by atoms with van der Waals surface area (Å²) in [6.07, 6.45) is 1.98. The third kappa shape index (κ3) is 2.60. The van der Waals surface area contributed by atoms with Crippen LogP contribution in [0.1, 0.15) is 23.8 Å². The van der Waals surface area contributed by atoms with Crippen LogP contribution in [0.15, 0.2) is 24.3 Å². The number of hydrogen-bond donors (Lipinski definition) is 0. The second-order valence-electron chi connectivity index (χ2n) is 4.81. The summed E-state index contributed by atoms with van der Waals surface area (Å²) >= 11 is 7.37. The van der Waals surface area contributed by atoms with Crippen LogP contribution in [-0.4, -0.2) is 34.8 Å². The van der Waals surface area contributed by atoms with E-state index in [1.54, 1.807) is 11.3 Å². The molecule has 1 aliphatic heterocycles. The Kier molecular flexibility index (Phi) is 3.71. The number of carbonyl (C=O) groups is 1. The zero-order valence-electron chi connectivity index (χ0n) is 10.5. The lowest BCUT2D eigenvalue weighted by atomic mass is 9.97. The van der Waals surface area contributed by atoms with Crippen molar-refractivity contribution in [3.8, 4) is 0 Å². The highest BCUT2D eigenvalue weighted by Gasteiger charge is 2.25. The Morgan fingerprint density at radius 3 is 2.79 bits per heavy atom. The molecule has 1 aromatic heterocycles. The Labute approximate surface area is 121 Å². The molecule has 5 heteroatoms. The third-order valence-electron chi connectivity index (χ3n) is 3.62. The number of halogens is 1. The van der Waals surface area contributed by atoms with E-state index in [4.69, 9.17) is 16.6 Å². The van der Waals surface area contributed by atoms with E-state index in [1.807, 2.05) is 17.0 Å². The molecule has 2 aromatic rings. The van der Waals surface area contributed by atoms with Gasteiger partial charge in [-0.1, -0.05) is 12.1 Å². The highest BCUT2D eigenvalue weighted by atomic mass is 35.5. The topological polar surface area (TPSA) is 33.2 Å². The number of aromatic nitrogens is 1. The van der Waals surface area contributed by atoms with Crippen molar-refractivity contribution in [3.05, 3.63) is 29.3 Å². The van der Waals surface area contributed by atoms with Gasteiger partial charge in [0, 0.05) is 19.0 Å². The number of para-hydroxylation sites is 1. The lowest BCUT2D eigenvalue weighted by Crippen LogP contribution is -2.38. The molecule has 1 saturated heterocycles. The number of piperidine rings is 1. The molecule has 1 amide bonds. The van der Waals surface area contributed by atoms with Gasteiger partial charge in [0.15, 0.2) is 0 Å². The fourth-order valence-corrected chi connectivity index (χ4v) is 3.83. The van der Waals surface area contributed by atoms with Crippen LogP contribution in [0.4, 0.5) is 0 Å². The van der Waals surface area contributed by atoms with E-state index in [1.165, 1.54) is 9.71 Å². The molecule has 0 saturated carbocycles. The monoisotopic (exact) mass is 294 g/mol. The molecule has 0 unspecified atom stereocenters. The smallest absolute Gasteiger partial charge is 0.237 e. The minimum Gasteiger partial charge on any atom is -0.342 e. The molecule has 3 rings (SSSR count). The van der Waals surface area contributed by atoms with Crippen molar-refractivity contribution < 1.29 is 4.79 Å². The van der Waals surface area contributed by atoms with Crippen LogP contribution in [0.2, 0.25) is 0 Å². The minimum atomic E-state index is 0.0458. The van der Waals surface area contributed by atoms with Gasteiger partial charge in [0.25, 0.3) is 0 Å².